The summed E-state index contributed by atoms with van der Waals surface area (Å²) in [4.78, 5) is 0. The van der Waals surface area contributed by atoms with Gasteiger partial charge in [0.05, 0.1) is 12.9 Å². The molecule has 0 bridgehead atoms. The monoisotopic (exact) mass is 256 g/mol. The molecule has 0 saturated heterocycles. The topological polar surface area (TPSA) is 18.5 Å². The molecule has 0 aliphatic heterocycles. The van der Waals surface area contributed by atoms with Crippen LogP contribution >= 0.6 is 0 Å². The van der Waals surface area contributed by atoms with E-state index in [9.17, 15) is 0 Å². The van der Waals surface area contributed by atoms with E-state index in [4.69, 9.17) is 9.47 Å². The van der Waals surface area contributed by atoms with Crippen molar-refractivity contribution in [3.63, 3.8) is 0 Å². The normalized spacial score (nSPS) is 24.9. The summed E-state index contributed by atoms with van der Waals surface area (Å²) in [5.74, 6) is 1.54. The van der Waals surface area contributed by atoms with Gasteiger partial charge in [-0.2, -0.15) is 0 Å². The van der Waals surface area contributed by atoms with Crippen molar-refractivity contribution in [2.24, 2.45) is 11.8 Å². The van der Waals surface area contributed by atoms with Crippen LogP contribution in [0.2, 0.25) is 19.1 Å². The molecule has 1 aliphatic carbocycles. The van der Waals surface area contributed by atoms with Crippen molar-refractivity contribution in [1.82, 2.24) is 0 Å². The molecular formula is C14H28O2Si. The van der Waals surface area contributed by atoms with Crippen LogP contribution in [0.15, 0.2) is 12.8 Å². The standard InChI is InChI=1S/C14H28O2Si/c1-4-15-11-13-5-7-14(8-6-13)12-16-9-10-17(2)3/h4,13-14,17H,1,5-12H2,2-3H3. The molecule has 0 aromatic heterocycles. The van der Waals surface area contributed by atoms with Gasteiger partial charge in [0.1, 0.15) is 0 Å². The Kier molecular flexibility index (Phi) is 7.61. The molecule has 0 aromatic carbocycles. The SMILES string of the molecule is C=COCC1CCC(COCC[SiH](C)C)CC1. The van der Waals surface area contributed by atoms with E-state index >= 15 is 0 Å². The maximum Gasteiger partial charge on any atom is 0.0901 e. The van der Waals surface area contributed by atoms with E-state index in [1.54, 1.807) is 6.26 Å². The predicted octanol–water partition coefficient (Wildman–Crippen LogP) is 3.46. The lowest BCUT2D eigenvalue weighted by Gasteiger charge is -2.27. The summed E-state index contributed by atoms with van der Waals surface area (Å²) >= 11 is 0. The Balaban J connectivity index is 2.00. The first kappa shape index (κ1) is 14.8. The van der Waals surface area contributed by atoms with Crippen LogP contribution in [0.5, 0.6) is 0 Å². The van der Waals surface area contributed by atoms with Gasteiger partial charge in [0.15, 0.2) is 0 Å². The highest BCUT2D eigenvalue weighted by Crippen LogP contribution is 2.29. The van der Waals surface area contributed by atoms with Gasteiger partial charge in [0.2, 0.25) is 0 Å². The highest BCUT2D eigenvalue weighted by atomic mass is 28.3. The molecule has 1 aliphatic rings. The van der Waals surface area contributed by atoms with Gasteiger partial charge < -0.3 is 9.47 Å². The van der Waals surface area contributed by atoms with Crippen molar-refractivity contribution in [2.75, 3.05) is 19.8 Å². The molecule has 0 spiro atoms. The third kappa shape index (κ3) is 6.89. The molecule has 17 heavy (non-hydrogen) atoms. The highest BCUT2D eigenvalue weighted by molar-refractivity contribution is 6.55. The fourth-order valence-electron chi connectivity index (χ4n) is 2.34. The summed E-state index contributed by atoms with van der Waals surface area (Å²) in [6, 6.07) is 1.32. The molecule has 3 heteroatoms. The van der Waals surface area contributed by atoms with E-state index < -0.39 is 8.80 Å². The molecule has 0 unspecified atom stereocenters. The lowest BCUT2D eigenvalue weighted by atomic mass is 9.83. The summed E-state index contributed by atoms with van der Waals surface area (Å²) in [5.41, 5.74) is 0. The Morgan fingerprint density at radius 1 is 1.12 bits per heavy atom. The Bertz CT molecular complexity index is 198. The minimum atomic E-state index is -0.419. The molecule has 0 N–H and O–H groups in total. The predicted molar refractivity (Wildman–Crippen MR) is 76.1 cm³/mol. The minimum Gasteiger partial charge on any atom is -0.502 e. The zero-order chi connectivity index (χ0) is 12.5. The lowest BCUT2D eigenvalue weighted by molar-refractivity contribution is 0.0744. The Morgan fingerprint density at radius 2 is 1.71 bits per heavy atom. The minimum absolute atomic E-state index is 0.419. The summed E-state index contributed by atoms with van der Waals surface area (Å²) < 4.78 is 11.1. The first-order valence-corrected chi connectivity index (χ1v) is 10.1. The maximum atomic E-state index is 5.79. The van der Waals surface area contributed by atoms with Gasteiger partial charge in [-0.05, 0) is 43.6 Å². The summed E-state index contributed by atoms with van der Waals surface area (Å²) in [5, 5.41) is 0. The van der Waals surface area contributed by atoms with Crippen LogP contribution in [0.4, 0.5) is 0 Å². The van der Waals surface area contributed by atoms with E-state index in [0.717, 1.165) is 31.7 Å². The van der Waals surface area contributed by atoms with Crippen molar-refractivity contribution >= 4 is 8.80 Å². The number of hydrogen-bond donors (Lipinski definition) is 0. The van der Waals surface area contributed by atoms with Crippen LogP contribution in [0.1, 0.15) is 25.7 Å². The fraction of sp³-hybridized carbons (Fsp3) is 0.857. The van der Waals surface area contributed by atoms with Crippen LogP contribution in [-0.2, 0) is 9.47 Å². The Hall–Kier alpha value is -0.283. The molecule has 0 radical (unpaired) electrons. The van der Waals surface area contributed by atoms with Crippen molar-refractivity contribution in [3.05, 3.63) is 12.8 Å². The van der Waals surface area contributed by atoms with Crippen LogP contribution in [0.3, 0.4) is 0 Å². The quantitative estimate of drug-likeness (QED) is 0.376. The molecule has 1 rings (SSSR count). The second kappa shape index (κ2) is 8.76. The Morgan fingerprint density at radius 3 is 2.24 bits per heavy atom. The third-order valence-electron chi connectivity index (χ3n) is 3.61. The van der Waals surface area contributed by atoms with E-state index in [2.05, 4.69) is 19.7 Å². The molecule has 0 heterocycles. The van der Waals surface area contributed by atoms with Crippen LogP contribution < -0.4 is 0 Å². The van der Waals surface area contributed by atoms with E-state index in [1.807, 2.05) is 0 Å². The van der Waals surface area contributed by atoms with Gasteiger partial charge in [0.25, 0.3) is 0 Å². The largest absolute Gasteiger partial charge is 0.502 e. The maximum absolute atomic E-state index is 5.79. The van der Waals surface area contributed by atoms with Crippen molar-refractivity contribution in [3.8, 4) is 0 Å². The first-order chi connectivity index (χ1) is 8.22. The van der Waals surface area contributed by atoms with Gasteiger partial charge in [-0.1, -0.05) is 19.7 Å². The highest BCUT2D eigenvalue weighted by Gasteiger charge is 2.21. The summed E-state index contributed by atoms with van der Waals surface area (Å²) in [6.07, 6.45) is 6.77. The van der Waals surface area contributed by atoms with E-state index in [-0.39, 0.29) is 0 Å². The molecule has 0 atom stereocenters. The molecule has 100 valence electrons. The van der Waals surface area contributed by atoms with Crippen LogP contribution in [0.25, 0.3) is 0 Å². The smallest absolute Gasteiger partial charge is 0.0901 e. The molecule has 0 aromatic rings. The second-order valence-electron chi connectivity index (χ2n) is 5.64. The van der Waals surface area contributed by atoms with Gasteiger partial charge in [0, 0.05) is 22.0 Å². The fourth-order valence-corrected chi connectivity index (χ4v) is 2.98. The zero-order valence-corrected chi connectivity index (χ0v) is 12.6. The average molecular weight is 256 g/mol. The van der Waals surface area contributed by atoms with Gasteiger partial charge in [-0.15, -0.1) is 0 Å². The van der Waals surface area contributed by atoms with Gasteiger partial charge in [-0.3, -0.25) is 0 Å². The Labute approximate surface area is 108 Å². The lowest BCUT2D eigenvalue weighted by Crippen LogP contribution is -2.21. The van der Waals surface area contributed by atoms with Crippen molar-refractivity contribution < 1.29 is 9.47 Å². The van der Waals surface area contributed by atoms with Crippen LogP contribution in [-0.4, -0.2) is 28.6 Å². The van der Waals surface area contributed by atoms with Crippen molar-refractivity contribution in [1.29, 1.82) is 0 Å². The summed E-state index contributed by atoms with van der Waals surface area (Å²) in [6.45, 7) is 11.2. The first-order valence-electron chi connectivity index (χ1n) is 7.02. The van der Waals surface area contributed by atoms with Gasteiger partial charge in [-0.25, -0.2) is 0 Å². The zero-order valence-electron chi connectivity index (χ0n) is 11.5. The summed E-state index contributed by atoms with van der Waals surface area (Å²) in [7, 11) is -0.419. The molecule has 1 fully saturated rings. The molecular weight excluding hydrogens is 228 g/mol. The van der Waals surface area contributed by atoms with E-state index in [0.29, 0.717) is 0 Å². The van der Waals surface area contributed by atoms with Gasteiger partial charge >= 0.3 is 0 Å². The third-order valence-corrected chi connectivity index (χ3v) is 5.00. The number of hydrogen-bond acceptors (Lipinski definition) is 2. The van der Waals surface area contributed by atoms with Crippen LogP contribution in [0, 0.1) is 11.8 Å². The number of rotatable bonds is 8. The van der Waals surface area contributed by atoms with E-state index in [1.165, 1.54) is 31.7 Å². The van der Waals surface area contributed by atoms with Crippen molar-refractivity contribution in [2.45, 2.75) is 44.8 Å². The average Bonchev–Trinajstić information content (AvgIpc) is 2.33. The molecule has 0 amide bonds. The molecule has 1 saturated carbocycles. The number of ether oxygens (including phenoxy) is 2. The molecule has 2 nitrogen and oxygen atoms in total. The second-order valence-corrected chi connectivity index (χ2v) is 9.01.